The fourth-order valence-corrected chi connectivity index (χ4v) is 4.45. The van der Waals surface area contributed by atoms with E-state index in [2.05, 4.69) is 17.3 Å². The zero-order valence-electron chi connectivity index (χ0n) is 12.5. The molecule has 0 radical (unpaired) electrons. The highest BCUT2D eigenvalue weighted by molar-refractivity contribution is 7.99. The van der Waals surface area contributed by atoms with E-state index in [0.717, 1.165) is 37.7 Å². The Bertz CT molecular complexity index is 348. The van der Waals surface area contributed by atoms with Crippen LogP contribution in [0.25, 0.3) is 0 Å². The van der Waals surface area contributed by atoms with Gasteiger partial charge in [0.2, 0.25) is 0 Å². The van der Waals surface area contributed by atoms with Crippen LogP contribution in [-0.2, 0) is 0 Å². The molecule has 20 heavy (non-hydrogen) atoms. The maximum absolute atomic E-state index is 12.2. The summed E-state index contributed by atoms with van der Waals surface area (Å²) in [7, 11) is 2.22. The van der Waals surface area contributed by atoms with Gasteiger partial charge < -0.3 is 10.2 Å². The number of hydrogen-bond acceptors (Lipinski definition) is 3. The summed E-state index contributed by atoms with van der Waals surface area (Å²) in [6.07, 6.45) is 6.54. The Hall–Kier alpha value is -0.420. The molecule has 0 spiro atoms. The van der Waals surface area contributed by atoms with Gasteiger partial charge in [0.15, 0.2) is 0 Å². The summed E-state index contributed by atoms with van der Waals surface area (Å²) in [5.74, 6) is 3.32. The molecule has 2 aliphatic heterocycles. The number of fused-ring (bicyclic) bond motifs is 2. The lowest BCUT2D eigenvalue weighted by Crippen LogP contribution is -2.45. The molecule has 0 aromatic heterocycles. The molecule has 2 bridgehead atoms. The Morgan fingerprint density at radius 3 is 2.80 bits per heavy atom. The highest BCUT2D eigenvalue weighted by Gasteiger charge is 2.35. The Morgan fingerprint density at radius 2 is 2.00 bits per heavy atom. The molecular formula is C15H27N3OS. The molecule has 0 aromatic carbocycles. The molecular weight excluding hydrogens is 270 g/mol. The molecule has 3 rings (SSSR count). The fourth-order valence-electron chi connectivity index (χ4n) is 3.37. The molecule has 3 fully saturated rings. The molecule has 2 atom stereocenters. The first-order valence-corrected chi connectivity index (χ1v) is 9.22. The molecule has 2 heterocycles. The summed E-state index contributed by atoms with van der Waals surface area (Å²) in [4.78, 5) is 16.7. The predicted molar refractivity (Wildman–Crippen MR) is 84.2 cm³/mol. The molecule has 1 N–H and O–H groups in total. The van der Waals surface area contributed by atoms with Crippen LogP contribution in [0.2, 0.25) is 0 Å². The van der Waals surface area contributed by atoms with E-state index in [4.69, 9.17) is 0 Å². The van der Waals surface area contributed by atoms with E-state index in [1.165, 1.54) is 31.4 Å². The highest BCUT2D eigenvalue weighted by Crippen LogP contribution is 2.32. The van der Waals surface area contributed by atoms with Crippen LogP contribution in [0.5, 0.6) is 0 Å². The van der Waals surface area contributed by atoms with Crippen molar-refractivity contribution >= 4 is 17.8 Å². The third kappa shape index (κ3) is 3.61. The van der Waals surface area contributed by atoms with Gasteiger partial charge >= 0.3 is 6.03 Å². The number of carbonyl (C=O) groups excluding carboxylic acids is 1. The van der Waals surface area contributed by atoms with Crippen molar-refractivity contribution in [2.45, 2.75) is 44.2 Å². The number of rotatable bonds is 5. The first kappa shape index (κ1) is 14.5. The minimum Gasteiger partial charge on any atom is -0.337 e. The van der Waals surface area contributed by atoms with Gasteiger partial charge in [0, 0.05) is 37.5 Å². The van der Waals surface area contributed by atoms with Crippen LogP contribution in [-0.4, -0.2) is 66.1 Å². The number of amides is 2. The Balaban J connectivity index is 1.36. The Labute approximate surface area is 126 Å². The molecule has 1 saturated carbocycles. The summed E-state index contributed by atoms with van der Waals surface area (Å²) in [6.45, 7) is 2.65. The van der Waals surface area contributed by atoms with Crippen molar-refractivity contribution in [3.63, 3.8) is 0 Å². The van der Waals surface area contributed by atoms with Gasteiger partial charge in [-0.25, -0.2) is 4.79 Å². The average Bonchev–Trinajstić information content (AvgIpc) is 3.18. The second-order valence-corrected chi connectivity index (χ2v) is 7.69. The number of likely N-dealkylation sites (tertiary alicyclic amines) is 1. The van der Waals surface area contributed by atoms with Gasteiger partial charge in [-0.05, 0) is 50.8 Å². The lowest BCUT2D eigenvalue weighted by molar-refractivity contribution is 0.189. The molecule has 2 saturated heterocycles. The van der Waals surface area contributed by atoms with Crippen LogP contribution in [0.15, 0.2) is 0 Å². The predicted octanol–water partition coefficient (Wildman–Crippen LogP) is 2.01. The molecule has 2 amide bonds. The molecule has 2 unspecified atom stereocenters. The summed E-state index contributed by atoms with van der Waals surface area (Å²) >= 11 is 1.99. The number of carbonyl (C=O) groups is 1. The van der Waals surface area contributed by atoms with Gasteiger partial charge in [-0.2, -0.15) is 11.8 Å². The molecule has 5 heteroatoms. The summed E-state index contributed by atoms with van der Waals surface area (Å²) in [6, 6.07) is 1.43. The second kappa shape index (κ2) is 6.56. The fraction of sp³-hybridized carbons (Fsp3) is 0.933. The van der Waals surface area contributed by atoms with Gasteiger partial charge in [-0.3, -0.25) is 4.90 Å². The maximum atomic E-state index is 12.2. The van der Waals surface area contributed by atoms with E-state index in [-0.39, 0.29) is 6.03 Å². The van der Waals surface area contributed by atoms with Crippen LogP contribution in [0, 0.1) is 5.92 Å². The van der Waals surface area contributed by atoms with Gasteiger partial charge in [-0.15, -0.1) is 0 Å². The van der Waals surface area contributed by atoms with Crippen molar-refractivity contribution in [3.05, 3.63) is 0 Å². The van der Waals surface area contributed by atoms with Crippen LogP contribution < -0.4 is 5.32 Å². The largest absolute Gasteiger partial charge is 0.337 e. The quantitative estimate of drug-likeness (QED) is 0.789. The first-order chi connectivity index (χ1) is 9.74. The van der Waals surface area contributed by atoms with Gasteiger partial charge in [0.05, 0.1) is 0 Å². The number of hydrogen-bond donors (Lipinski definition) is 1. The smallest absolute Gasteiger partial charge is 0.317 e. The van der Waals surface area contributed by atoms with Crippen LogP contribution >= 0.6 is 11.8 Å². The van der Waals surface area contributed by atoms with Crippen molar-refractivity contribution < 1.29 is 4.79 Å². The topological polar surface area (TPSA) is 35.6 Å². The van der Waals surface area contributed by atoms with E-state index in [9.17, 15) is 4.79 Å². The van der Waals surface area contributed by atoms with Gasteiger partial charge in [-0.1, -0.05) is 0 Å². The van der Waals surface area contributed by atoms with Crippen molar-refractivity contribution in [3.8, 4) is 0 Å². The zero-order chi connectivity index (χ0) is 13.9. The van der Waals surface area contributed by atoms with Crippen molar-refractivity contribution in [1.82, 2.24) is 15.1 Å². The number of urea groups is 1. The summed E-state index contributed by atoms with van der Waals surface area (Å²) < 4.78 is 0. The number of thioether (sulfide) groups is 1. The first-order valence-electron chi connectivity index (χ1n) is 8.06. The van der Waals surface area contributed by atoms with Crippen molar-refractivity contribution in [1.29, 1.82) is 0 Å². The monoisotopic (exact) mass is 297 g/mol. The molecule has 4 nitrogen and oxygen atoms in total. The minimum atomic E-state index is 0.151. The standard InChI is InChI=1S/C15H27N3OS/c1-17-13-4-5-14(17)10-18(8-6-13)15(19)16-7-9-20-11-12-2-3-12/h12-14H,2-11H2,1H3,(H,16,19). The van der Waals surface area contributed by atoms with E-state index in [0.29, 0.717) is 12.1 Å². The third-order valence-electron chi connectivity index (χ3n) is 5.01. The van der Waals surface area contributed by atoms with E-state index in [1.54, 1.807) is 0 Å². The highest BCUT2D eigenvalue weighted by atomic mass is 32.2. The van der Waals surface area contributed by atoms with Gasteiger partial charge in [0.1, 0.15) is 0 Å². The van der Waals surface area contributed by atoms with E-state index < -0.39 is 0 Å². The molecule has 3 aliphatic rings. The van der Waals surface area contributed by atoms with Crippen LogP contribution in [0.3, 0.4) is 0 Å². The minimum absolute atomic E-state index is 0.151. The summed E-state index contributed by atoms with van der Waals surface area (Å²) in [5, 5.41) is 3.10. The normalized spacial score (nSPS) is 30.4. The maximum Gasteiger partial charge on any atom is 0.317 e. The number of nitrogens with zero attached hydrogens (tertiary/aromatic N) is 2. The average molecular weight is 297 g/mol. The third-order valence-corrected chi connectivity index (χ3v) is 6.21. The molecule has 0 aromatic rings. The lowest BCUT2D eigenvalue weighted by Gasteiger charge is -2.26. The number of likely N-dealkylation sites (N-methyl/N-ethyl adjacent to an activating group) is 1. The van der Waals surface area contributed by atoms with Crippen LogP contribution in [0.1, 0.15) is 32.1 Å². The van der Waals surface area contributed by atoms with Gasteiger partial charge in [0.25, 0.3) is 0 Å². The van der Waals surface area contributed by atoms with E-state index >= 15 is 0 Å². The number of nitrogens with one attached hydrogen (secondary N) is 1. The van der Waals surface area contributed by atoms with Crippen molar-refractivity contribution in [2.75, 3.05) is 38.2 Å². The Kier molecular flexibility index (Phi) is 4.76. The summed E-state index contributed by atoms with van der Waals surface area (Å²) in [5.41, 5.74) is 0. The second-order valence-electron chi connectivity index (χ2n) is 6.54. The molecule has 114 valence electrons. The van der Waals surface area contributed by atoms with E-state index in [1.807, 2.05) is 16.7 Å². The lowest BCUT2D eigenvalue weighted by atomic mass is 10.1. The Morgan fingerprint density at radius 1 is 1.20 bits per heavy atom. The molecule has 1 aliphatic carbocycles. The van der Waals surface area contributed by atoms with Crippen molar-refractivity contribution in [2.24, 2.45) is 5.92 Å². The van der Waals surface area contributed by atoms with Crippen LogP contribution in [0.4, 0.5) is 4.79 Å². The SMILES string of the molecule is CN1C2CCC1CN(C(=O)NCCSCC1CC1)CC2. The zero-order valence-corrected chi connectivity index (χ0v) is 13.3.